The fourth-order valence-corrected chi connectivity index (χ4v) is 1.71. The number of hydrogen-bond donors (Lipinski definition) is 0. The van der Waals surface area contributed by atoms with Crippen LogP contribution < -0.4 is 0 Å². The number of hydrogen-bond acceptors (Lipinski definition) is 2. The molecule has 1 radical (unpaired) electrons. The van der Waals surface area contributed by atoms with Crippen molar-refractivity contribution in [1.29, 1.82) is 0 Å². The lowest BCUT2D eigenvalue weighted by Crippen LogP contribution is -2.24. The van der Waals surface area contributed by atoms with Crippen LogP contribution in [-0.4, -0.2) is 14.8 Å². The third-order valence-corrected chi connectivity index (χ3v) is 2.51. The minimum Gasteiger partial charge on any atom is -0.257 e. The SMILES string of the molecule is CC(C)(C)n1nc[c]c1-c1ncccc1Cl. The molecule has 0 amide bonds. The number of nitrogens with zero attached hydrogens (tertiary/aromatic N) is 3. The van der Waals surface area contributed by atoms with Crippen molar-refractivity contribution in [3.63, 3.8) is 0 Å². The lowest BCUT2D eigenvalue weighted by atomic mass is 10.1. The number of rotatable bonds is 1. The molecule has 4 heteroatoms. The summed E-state index contributed by atoms with van der Waals surface area (Å²) < 4.78 is 1.88. The van der Waals surface area contributed by atoms with E-state index in [2.05, 4.69) is 36.9 Å². The summed E-state index contributed by atoms with van der Waals surface area (Å²) in [4.78, 5) is 4.27. The number of pyridine rings is 1. The number of halogens is 1. The van der Waals surface area contributed by atoms with E-state index in [0.717, 1.165) is 11.4 Å². The minimum atomic E-state index is -0.115. The van der Waals surface area contributed by atoms with Crippen LogP contribution in [0, 0.1) is 6.07 Å². The molecule has 0 aliphatic heterocycles. The maximum atomic E-state index is 6.11. The third-order valence-electron chi connectivity index (χ3n) is 2.20. The van der Waals surface area contributed by atoms with Crippen molar-refractivity contribution in [2.75, 3.05) is 0 Å². The Bertz CT molecular complexity index is 497. The summed E-state index contributed by atoms with van der Waals surface area (Å²) in [7, 11) is 0. The quantitative estimate of drug-likeness (QED) is 0.759. The predicted octanol–water partition coefficient (Wildman–Crippen LogP) is 3.15. The molecule has 0 saturated heterocycles. The summed E-state index contributed by atoms with van der Waals surface area (Å²) in [6, 6.07) is 6.70. The molecular formula is C12H13ClN3. The smallest absolute Gasteiger partial charge is 0.108 e. The van der Waals surface area contributed by atoms with Crippen molar-refractivity contribution in [1.82, 2.24) is 14.8 Å². The van der Waals surface area contributed by atoms with Gasteiger partial charge in [0.05, 0.1) is 22.5 Å². The molecule has 0 unspecified atom stereocenters. The van der Waals surface area contributed by atoms with Crippen LogP contribution in [0.15, 0.2) is 24.5 Å². The van der Waals surface area contributed by atoms with Gasteiger partial charge in [0, 0.05) is 12.3 Å². The molecule has 0 spiro atoms. The van der Waals surface area contributed by atoms with Crippen LogP contribution in [0.2, 0.25) is 5.02 Å². The van der Waals surface area contributed by atoms with Gasteiger partial charge in [0.25, 0.3) is 0 Å². The highest BCUT2D eigenvalue weighted by molar-refractivity contribution is 6.32. The van der Waals surface area contributed by atoms with Gasteiger partial charge in [-0.2, -0.15) is 5.10 Å². The molecule has 0 bridgehead atoms. The van der Waals surface area contributed by atoms with Crippen molar-refractivity contribution in [2.24, 2.45) is 0 Å². The summed E-state index contributed by atoms with van der Waals surface area (Å²) in [6.07, 6.45) is 3.36. The largest absolute Gasteiger partial charge is 0.257 e. The van der Waals surface area contributed by atoms with E-state index in [4.69, 9.17) is 11.6 Å². The van der Waals surface area contributed by atoms with Crippen LogP contribution in [-0.2, 0) is 5.54 Å². The van der Waals surface area contributed by atoms with Crippen molar-refractivity contribution in [3.8, 4) is 11.4 Å². The Labute approximate surface area is 100 Å². The molecule has 16 heavy (non-hydrogen) atoms. The summed E-state index contributed by atoms with van der Waals surface area (Å²) >= 11 is 6.11. The minimum absolute atomic E-state index is 0.115. The van der Waals surface area contributed by atoms with E-state index < -0.39 is 0 Å². The first-order valence-corrected chi connectivity index (χ1v) is 5.45. The van der Waals surface area contributed by atoms with E-state index >= 15 is 0 Å². The fraction of sp³-hybridized carbons (Fsp3) is 0.333. The highest BCUT2D eigenvalue weighted by Crippen LogP contribution is 2.27. The molecule has 0 saturated carbocycles. The molecule has 0 aliphatic carbocycles. The standard InChI is InChI=1S/C12H13ClN3/c1-12(2,3)16-10(6-8-15-16)11-9(13)5-4-7-14-11/h4-5,7-8H,1-3H3. The second-order valence-corrected chi connectivity index (χ2v) is 4.96. The van der Waals surface area contributed by atoms with Gasteiger partial charge in [-0.3, -0.25) is 9.67 Å². The van der Waals surface area contributed by atoms with Crippen LogP contribution in [0.1, 0.15) is 20.8 Å². The van der Waals surface area contributed by atoms with Crippen molar-refractivity contribution in [3.05, 3.63) is 35.6 Å². The second-order valence-electron chi connectivity index (χ2n) is 4.55. The Kier molecular flexibility index (Phi) is 2.72. The van der Waals surface area contributed by atoms with E-state index in [-0.39, 0.29) is 5.54 Å². The van der Waals surface area contributed by atoms with E-state index in [0.29, 0.717) is 5.02 Å². The van der Waals surface area contributed by atoms with Crippen LogP contribution >= 0.6 is 11.6 Å². The van der Waals surface area contributed by atoms with Crippen molar-refractivity contribution >= 4 is 11.6 Å². The molecule has 0 aromatic carbocycles. The molecule has 0 fully saturated rings. The Hall–Kier alpha value is -1.35. The van der Waals surface area contributed by atoms with Gasteiger partial charge in [-0.15, -0.1) is 0 Å². The average Bonchev–Trinajstić information content (AvgIpc) is 2.66. The molecular weight excluding hydrogens is 222 g/mol. The fourth-order valence-electron chi connectivity index (χ4n) is 1.50. The van der Waals surface area contributed by atoms with E-state index in [1.54, 1.807) is 12.4 Å². The van der Waals surface area contributed by atoms with Crippen molar-refractivity contribution in [2.45, 2.75) is 26.3 Å². The lowest BCUT2D eigenvalue weighted by Gasteiger charge is -2.22. The summed E-state index contributed by atoms with van der Waals surface area (Å²) in [6.45, 7) is 6.23. The number of aromatic nitrogens is 3. The zero-order valence-electron chi connectivity index (χ0n) is 9.53. The average molecular weight is 235 g/mol. The van der Waals surface area contributed by atoms with Gasteiger partial charge >= 0.3 is 0 Å². The second kappa shape index (κ2) is 3.91. The van der Waals surface area contributed by atoms with Crippen LogP contribution in [0.5, 0.6) is 0 Å². The Morgan fingerprint density at radius 3 is 2.75 bits per heavy atom. The first kappa shape index (κ1) is 11.1. The van der Waals surface area contributed by atoms with E-state index in [1.807, 2.05) is 16.8 Å². The highest BCUT2D eigenvalue weighted by Gasteiger charge is 2.20. The summed E-state index contributed by atoms with van der Waals surface area (Å²) in [5.74, 6) is 0. The predicted molar refractivity (Wildman–Crippen MR) is 64.3 cm³/mol. The monoisotopic (exact) mass is 234 g/mol. The maximum absolute atomic E-state index is 6.11. The molecule has 3 nitrogen and oxygen atoms in total. The topological polar surface area (TPSA) is 30.7 Å². The molecule has 0 aliphatic rings. The van der Waals surface area contributed by atoms with Crippen molar-refractivity contribution < 1.29 is 0 Å². The molecule has 2 rings (SSSR count). The molecule has 2 heterocycles. The van der Waals surface area contributed by atoms with Gasteiger partial charge in [-0.25, -0.2) is 0 Å². The van der Waals surface area contributed by atoms with Gasteiger partial charge < -0.3 is 0 Å². The molecule has 2 aromatic heterocycles. The highest BCUT2D eigenvalue weighted by atomic mass is 35.5. The normalized spacial score (nSPS) is 11.8. The Morgan fingerprint density at radius 1 is 1.38 bits per heavy atom. The molecule has 83 valence electrons. The summed E-state index contributed by atoms with van der Waals surface area (Å²) in [5.41, 5.74) is 1.42. The first-order chi connectivity index (χ1) is 7.50. The van der Waals surface area contributed by atoms with Gasteiger partial charge in [-0.05, 0) is 32.9 Å². The maximum Gasteiger partial charge on any atom is 0.108 e. The molecule has 0 N–H and O–H groups in total. The van der Waals surface area contributed by atoms with Crippen LogP contribution in [0.3, 0.4) is 0 Å². The third kappa shape index (κ3) is 1.95. The first-order valence-electron chi connectivity index (χ1n) is 5.07. The van der Waals surface area contributed by atoms with Gasteiger partial charge in [-0.1, -0.05) is 11.6 Å². The Balaban J connectivity index is 2.58. The van der Waals surface area contributed by atoms with Gasteiger partial charge in [0.2, 0.25) is 0 Å². The van der Waals surface area contributed by atoms with Gasteiger partial charge in [0.15, 0.2) is 0 Å². The summed E-state index contributed by atoms with van der Waals surface area (Å²) in [5, 5.41) is 4.88. The van der Waals surface area contributed by atoms with E-state index in [9.17, 15) is 0 Å². The van der Waals surface area contributed by atoms with Gasteiger partial charge in [0.1, 0.15) is 5.69 Å². The zero-order valence-corrected chi connectivity index (χ0v) is 10.3. The zero-order chi connectivity index (χ0) is 11.8. The Morgan fingerprint density at radius 2 is 2.12 bits per heavy atom. The van der Waals surface area contributed by atoms with E-state index in [1.165, 1.54) is 0 Å². The molecule has 2 aromatic rings. The van der Waals surface area contributed by atoms with Crippen LogP contribution in [0.4, 0.5) is 0 Å². The molecule has 0 atom stereocenters. The lowest BCUT2D eigenvalue weighted by molar-refractivity contribution is 0.359. The van der Waals surface area contributed by atoms with Crippen LogP contribution in [0.25, 0.3) is 11.4 Å².